The lowest BCUT2D eigenvalue weighted by Gasteiger charge is -2.31. The number of carboxylic acid groups (broad SMARTS) is 1. The van der Waals surface area contributed by atoms with Crippen molar-refractivity contribution in [3.05, 3.63) is 28.8 Å². The van der Waals surface area contributed by atoms with E-state index in [1.165, 1.54) is 18.2 Å². The zero-order chi connectivity index (χ0) is 15.4. The minimum Gasteiger partial charge on any atom is -0.478 e. The Kier molecular flexibility index (Phi) is 5.17. The molecule has 0 aliphatic carbocycles. The molecule has 7 heteroatoms. The summed E-state index contributed by atoms with van der Waals surface area (Å²) in [5.41, 5.74) is 0.375. The van der Waals surface area contributed by atoms with Crippen LogP contribution in [0.15, 0.2) is 18.2 Å². The first-order chi connectivity index (χ1) is 9.99. The van der Waals surface area contributed by atoms with Gasteiger partial charge in [0.15, 0.2) is 0 Å². The van der Waals surface area contributed by atoms with Gasteiger partial charge in [-0.25, -0.2) is 4.79 Å². The molecule has 1 saturated heterocycles. The molecule has 0 radical (unpaired) electrons. The first kappa shape index (κ1) is 15.8. The number of carbonyl (C=O) groups is 2. The van der Waals surface area contributed by atoms with E-state index in [0.29, 0.717) is 18.8 Å². The molecule has 1 aliphatic heterocycles. The van der Waals surface area contributed by atoms with Crippen LogP contribution >= 0.6 is 11.6 Å². The third kappa shape index (κ3) is 4.17. The van der Waals surface area contributed by atoms with E-state index in [1.807, 2.05) is 6.92 Å². The number of morpholine rings is 1. The summed E-state index contributed by atoms with van der Waals surface area (Å²) in [6, 6.07) is 4.20. The van der Waals surface area contributed by atoms with Crippen LogP contribution in [0.5, 0.6) is 0 Å². The Balaban J connectivity index is 2.07. The molecular formula is C14H17ClN2O4. The summed E-state index contributed by atoms with van der Waals surface area (Å²) >= 11 is 5.85. The summed E-state index contributed by atoms with van der Waals surface area (Å²) in [6.07, 6.45) is -0.564. The number of halogens is 1. The van der Waals surface area contributed by atoms with E-state index < -0.39 is 12.1 Å². The van der Waals surface area contributed by atoms with Gasteiger partial charge in [0, 0.05) is 23.8 Å². The Labute approximate surface area is 127 Å². The molecule has 1 unspecified atom stereocenters. The molecule has 1 amide bonds. The van der Waals surface area contributed by atoms with Crippen LogP contribution in [0.4, 0.5) is 5.69 Å². The van der Waals surface area contributed by atoms with Crippen molar-refractivity contribution in [1.82, 2.24) is 4.90 Å². The number of amides is 1. The number of hydrogen-bond donors (Lipinski definition) is 2. The van der Waals surface area contributed by atoms with Crippen LogP contribution in [0.25, 0.3) is 0 Å². The van der Waals surface area contributed by atoms with Gasteiger partial charge in [0.1, 0.15) is 6.10 Å². The van der Waals surface area contributed by atoms with E-state index in [4.69, 9.17) is 21.4 Å². The summed E-state index contributed by atoms with van der Waals surface area (Å²) in [4.78, 5) is 25.3. The number of benzene rings is 1. The van der Waals surface area contributed by atoms with E-state index in [1.54, 1.807) is 0 Å². The number of nitrogens with one attached hydrogen (secondary N) is 1. The number of nitrogens with zero attached hydrogens (tertiary/aromatic N) is 1. The number of rotatable bonds is 4. The van der Waals surface area contributed by atoms with Crippen LogP contribution in [-0.2, 0) is 9.53 Å². The Morgan fingerprint density at radius 2 is 2.24 bits per heavy atom. The first-order valence-electron chi connectivity index (χ1n) is 6.68. The van der Waals surface area contributed by atoms with E-state index >= 15 is 0 Å². The molecule has 1 fully saturated rings. The topological polar surface area (TPSA) is 78.9 Å². The Morgan fingerprint density at radius 1 is 1.48 bits per heavy atom. The number of carbonyl (C=O) groups excluding carboxylic acids is 1. The van der Waals surface area contributed by atoms with E-state index in [2.05, 4.69) is 10.2 Å². The summed E-state index contributed by atoms with van der Waals surface area (Å²) in [7, 11) is 0. The van der Waals surface area contributed by atoms with Crippen LogP contribution in [0, 0.1) is 0 Å². The normalized spacial score (nSPS) is 19.2. The molecule has 0 aromatic heterocycles. The molecule has 2 rings (SSSR count). The zero-order valence-electron chi connectivity index (χ0n) is 11.6. The average molecular weight is 313 g/mol. The fraction of sp³-hybridized carbons (Fsp3) is 0.429. The average Bonchev–Trinajstić information content (AvgIpc) is 2.46. The van der Waals surface area contributed by atoms with Gasteiger partial charge >= 0.3 is 5.97 Å². The van der Waals surface area contributed by atoms with Crippen LogP contribution < -0.4 is 5.32 Å². The maximum Gasteiger partial charge on any atom is 0.335 e. The van der Waals surface area contributed by atoms with Crippen molar-refractivity contribution in [2.75, 3.05) is 31.6 Å². The molecule has 1 aromatic rings. The number of likely N-dealkylation sites (N-methyl/N-ethyl adjacent to an activating group) is 1. The number of aromatic carboxylic acids is 1. The van der Waals surface area contributed by atoms with Gasteiger partial charge in [-0.1, -0.05) is 18.5 Å². The molecule has 2 N–H and O–H groups in total. The van der Waals surface area contributed by atoms with Gasteiger partial charge in [0.05, 0.1) is 12.2 Å². The molecule has 0 spiro atoms. The van der Waals surface area contributed by atoms with Crippen molar-refractivity contribution in [2.45, 2.75) is 13.0 Å². The van der Waals surface area contributed by atoms with Crippen molar-refractivity contribution < 1.29 is 19.4 Å². The Morgan fingerprint density at radius 3 is 2.90 bits per heavy atom. The fourth-order valence-corrected chi connectivity index (χ4v) is 2.39. The lowest BCUT2D eigenvalue weighted by molar-refractivity contribution is -0.132. The van der Waals surface area contributed by atoms with Gasteiger partial charge in [-0.3, -0.25) is 9.69 Å². The molecule has 1 heterocycles. The molecule has 1 atom stereocenters. The van der Waals surface area contributed by atoms with Crippen molar-refractivity contribution in [3.8, 4) is 0 Å². The molecule has 0 bridgehead atoms. The summed E-state index contributed by atoms with van der Waals surface area (Å²) < 4.78 is 5.45. The van der Waals surface area contributed by atoms with Gasteiger partial charge in [-0.05, 0) is 24.7 Å². The number of anilines is 1. The third-order valence-corrected chi connectivity index (χ3v) is 3.52. The predicted molar refractivity (Wildman–Crippen MR) is 78.9 cm³/mol. The number of hydrogen-bond acceptors (Lipinski definition) is 4. The molecule has 114 valence electrons. The summed E-state index contributed by atoms with van der Waals surface area (Å²) in [6.45, 7) is 4.71. The lowest BCUT2D eigenvalue weighted by atomic mass is 10.2. The van der Waals surface area contributed by atoms with Gasteiger partial charge in [0.2, 0.25) is 0 Å². The molecule has 1 aromatic carbocycles. The largest absolute Gasteiger partial charge is 0.478 e. The summed E-state index contributed by atoms with van der Waals surface area (Å²) in [5.74, 6) is -1.40. The predicted octanol–water partition coefficient (Wildman–Crippen LogP) is 1.70. The highest BCUT2D eigenvalue weighted by molar-refractivity contribution is 6.31. The van der Waals surface area contributed by atoms with Crippen LogP contribution in [0.3, 0.4) is 0 Å². The molecule has 6 nitrogen and oxygen atoms in total. The van der Waals surface area contributed by atoms with Crippen LogP contribution in [-0.4, -0.2) is 54.2 Å². The summed E-state index contributed by atoms with van der Waals surface area (Å²) in [5, 5.41) is 11.9. The fourth-order valence-electron chi connectivity index (χ4n) is 2.16. The molecule has 1 aliphatic rings. The Hall–Kier alpha value is -1.63. The maximum absolute atomic E-state index is 12.2. The standard InChI is InChI=1S/C14H17ClN2O4/c1-2-17-3-4-21-12(8-17)13(18)16-11-6-9(14(19)20)5-10(15)7-11/h5-7,12H,2-4,8H2,1H3,(H,16,18)(H,19,20). The van der Waals surface area contributed by atoms with E-state index in [9.17, 15) is 9.59 Å². The second-order valence-corrected chi connectivity index (χ2v) is 5.21. The highest BCUT2D eigenvalue weighted by atomic mass is 35.5. The van der Waals surface area contributed by atoms with Crippen molar-refractivity contribution in [2.24, 2.45) is 0 Å². The second-order valence-electron chi connectivity index (χ2n) is 4.78. The number of ether oxygens (including phenoxy) is 1. The van der Waals surface area contributed by atoms with Gasteiger partial charge in [0.25, 0.3) is 5.91 Å². The molecule has 0 saturated carbocycles. The van der Waals surface area contributed by atoms with Crippen molar-refractivity contribution in [1.29, 1.82) is 0 Å². The minimum absolute atomic E-state index is 0.0255. The lowest BCUT2D eigenvalue weighted by Crippen LogP contribution is -2.47. The van der Waals surface area contributed by atoms with E-state index in [-0.39, 0.29) is 16.5 Å². The number of carboxylic acids is 1. The minimum atomic E-state index is -1.10. The van der Waals surface area contributed by atoms with Gasteiger partial charge in [-0.2, -0.15) is 0 Å². The first-order valence-corrected chi connectivity index (χ1v) is 7.06. The quantitative estimate of drug-likeness (QED) is 0.884. The third-order valence-electron chi connectivity index (χ3n) is 3.30. The highest BCUT2D eigenvalue weighted by Gasteiger charge is 2.26. The van der Waals surface area contributed by atoms with Gasteiger partial charge in [-0.15, -0.1) is 0 Å². The van der Waals surface area contributed by atoms with Crippen LogP contribution in [0.2, 0.25) is 5.02 Å². The van der Waals surface area contributed by atoms with Crippen molar-refractivity contribution >= 4 is 29.2 Å². The van der Waals surface area contributed by atoms with E-state index in [0.717, 1.165) is 13.1 Å². The molecular weight excluding hydrogens is 296 g/mol. The second kappa shape index (κ2) is 6.89. The monoisotopic (exact) mass is 312 g/mol. The Bertz CT molecular complexity index is 550. The maximum atomic E-state index is 12.2. The van der Waals surface area contributed by atoms with Gasteiger partial charge < -0.3 is 15.2 Å². The van der Waals surface area contributed by atoms with Crippen molar-refractivity contribution in [3.63, 3.8) is 0 Å². The zero-order valence-corrected chi connectivity index (χ0v) is 12.4. The smallest absolute Gasteiger partial charge is 0.335 e. The molecule has 21 heavy (non-hydrogen) atoms. The SMILES string of the molecule is CCN1CCOC(C(=O)Nc2cc(Cl)cc(C(=O)O)c2)C1. The highest BCUT2D eigenvalue weighted by Crippen LogP contribution is 2.20. The van der Waals surface area contributed by atoms with Crippen LogP contribution in [0.1, 0.15) is 17.3 Å².